The zero-order valence-electron chi connectivity index (χ0n) is 15.4. The van der Waals surface area contributed by atoms with Crippen LogP contribution in [0, 0.1) is 0 Å². The number of hydrogen-bond acceptors (Lipinski definition) is 5. The number of esters is 1. The van der Waals surface area contributed by atoms with Crippen LogP contribution in [0.2, 0.25) is 5.02 Å². The van der Waals surface area contributed by atoms with E-state index in [0.29, 0.717) is 40.6 Å². The van der Waals surface area contributed by atoms with Gasteiger partial charge in [0.15, 0.2) is 12.4 Å². The van der Waals surface area contributed by atoms with Gasteiger partial charge in [0.1, 0.15) is 5.75 Å². The first-order chi connectivity index (χ1) is 13.5. The average Bonchev–Trinajstić information content (AvgIpc) is 3.12. The molecule has 0 aliphatic carbocycles. The van der Waals surface area contributed by atoms with Gasteiger partial charge in [0.25, 0.3) is 0 Å². The Hall–Kier alpha value is -2.86. The van der Waals surface area contributed by atoms with Crippen molar-refractivity contribution in [3.8, 4) is 5.75 Å². The molecule has 7 heteroatoms. The average molecular weight is 402 g/mol. The highest BCUT2D eigenvalue weighted by Gasteiger charge is 2.22. The van der Waals surface area contributed by atoms with Crippen molar-refractivity contribution in [2.45, 2.75) is 19.3 Å². The van der Waals surface area contributed by atoms with Gasteiger partial charge in [-0.1, -0.05) is 23.7 Å². The smallest absolute Gasteiger partial charge is 0.310 e. The Kier molecular flexibility index (Phi) is 6.31. The summed E-state index contributed by atoms with van der Waals surface area (Å²) in [5.74, 6) is -0.318. The van der Waals surface area contributed by atoms with Crippen LogP contribution in [0.5, 0.6) is 5.75 Å². The summed E-state index contributed by atoms with van der Waals surface area (Å²) >= 11 is 5.95. The van der Waals surface area contributed by atoms with Gasteiger partial charge >= 0.3 is 5.97 Å². The fourth-order valence-corrected chi connectivity index (χ4v) is 3.28. The van der Waals surface area contributed by atoms with E-state index in [9.17, 15) is 14.4 Å². The zero-order valence-corrected chi connectivity index (χ0v) is 16.2. The Balaban J connectivity index is 1.60. The summed E-state index contributed by atoms with van der Waals surface area (Å²) in [5, 5.41) is 0.480. The number of ether oxygens (including phenoxy) is 2. The summed E-state index contributed by atoms with van der Waals surface area (Å²) in [7, 11) is 1.50. The molecule has 0 radical (unpaired) electrons. The highest BCUT2D eigenvalue weighted by molar-refractivity contribution is 6.30. The summed E-state index contributed by atoms with van der Waals surface area (Å²) in [6.45, 7) is 0.270. The third kappa shape index (κ3) is 4.70. The van der Waals surface area contributed by atoms with Crippen molar-refractivity contribution in [3.63, 3.8) is 0 Å². The van der Waals surface area contributed by atoms with Gasteiger partial charge in [0.2, 0.25) is 5.91 Å². The number of anilines is 1. The maximum atomic E-state index is 12.4. The van der Waals surface area contributed by atoms with E-state index in [1.807, 2.05) is 0 Å². The molecule has 2 aromatic rings. The number of Topliss-reactive ketones (excluding diaryl/α,β-unsaturated/α-hetero) is 1. The molecule has 1 saturated heterocycles. The predicted molar refractivity (Wildman–Crippen MR) is 105 cm³/mol. The first-order valence-corrected chi connectivity index (χ1v) is 9.27. The maximum absolute atomic E-state index is 12.4. The minimum absolute atomic E-state index is 0.0477. The molecular formula is C21H20ClNO5. The van der Waals surface area contributed by atoms with E-state index in [0.717, 1.165) is 6.42 Å². The van der Waals surface area contributed by atoms with Crippen molar-refractivity contribution < 1.29 is 23.9 Å². The molecule has 0 aromatic heterocycles. The second kappa shape index (κ2) is 8.89. The molecule has 6 nitrogen and oxygen atoms in total. The number of carbonyl (C=O) groups is 3. The van der Waals surface area contributed by atoms with Crippen LogP contribution >= 0.6 is 11.6 Å². The Labute approximate surface area is 168 Å². The Bertz CT molecular complexity index is 911. The van der Waals surface area contributed by atoms with Crippen LogP contribution in [0.4, 0.5) is 5.69 Å². The van der Waals surface area contributed by atoms with E-state index in [-0.39, 0.29) is 24.7 Å². The van der Waals surface area contributed by atoms with E-state index >= 15 is 0 Å². The molecule has 1 amide bonds. The quantitative estimate of drug-likeness (QED) is 0.525. The molecule has 0 N–H and O–H groups in total. The van der Waals surface area contributed by atoms with Crippen molar-refractivity contribution in [1.29, 1.82) is 0 Å². The van der Waals surface area contributed by atoms with Crippen molar-refractivity contribution in [3.05, 3.63) is 58.6 Å². The zero-order chi connectivity index (χ0) is 20.1. The summed E-state index contributed by atoms with van der Waals surface area (Å²) in [5.41, 5.74) is 1.66. The normalized spacial score (nSPS) is 13.5. The van der Waals surface area contributed by atoms with Crippen LogP contribution in [-0.2, 0) is 20.7 Å². The third-order valence-corrected chi connectivity index (χ3v) is 4.73. The Morgan fingerprint density at radius 1 is 1.18 bits per heavy atom. The fourth-order valence-electron chi connectivity index (χ4n) is 3.09. The summed E-state index contributed by atoms with van der Waals surface area (Å²) in [6, 6.07) is 11.8. The molecule has 1 fully saturated rings. The van der Waals surface area contributed by atoms with Gasteiger partial charge in [-0.2, -0.15) is 0 Å². The SMILES string of the molecule is COc1ccc(Cl)cc1CC(=O)OCC(=O)c1cccc(N2CCCC2=O)c1. The Morgan fingerprint density at radius 2 is 2.00 bits per heavy atom. The number of amides is 1. The van der Waals surface area contributed by atoms with Crippen molar-refractivity contribution in [1.82, 2.24) is 0 Å². The summed E-state index contributed by atoms with van der Waals surface area (Å²) in [6.07, 6.45) is 1.27. The van der Waals surface area contributed by atoms with Crippen molar-refractivity contribution >= 4 is 34.9 Å². The molecule has 0 spiro atoms. The number of benzene rings is 2. The number of halogens is 1. The lowest BCUT2D eigenvalue weighted by Gasteiger charge is -2.16. The van der Waals surface area contributed by atoms with Crippen LogP contribution in [0.15, 0.2) is 42.5 Å². The maximum Gasteiger partial charge on any atom is 0.310 e. The molecule has 1 aliphatic rings. The van der Waals surface area contributed by atoms with Crippen LogP contribution < -0.4 is 9.64 Å². The topological polar surface area (TPSA) is 72.9 Å². The molecule has 0 atom stereocenters. The molecule has 1 aliphatic heterocycles. The molecule has 146 valence electrons. The lowest BCUT2D eigenvalue weighted by molar-refractivity contribution is -0.141. The van der Waals surface area contributed by atoms with E-state index in [1.165, 1.54) is 7.11 Å². The summed E-state index contributed by atoms with van der Waals surface area (Å²) in [4.78, 5) is 38.1. The number of hydrogen-bond donors (Lipinski definition) is 0. The molecule has 0 saturated carbocycles. The molecule has 1 heterocycles. The highest BCUT2D eigenvalue weighted by Crippen LogP contribution is 2.24. The van der Waals surface area contributed by atoms with Gasteiger partial charge in [-0.3, -0.25) is 14.4 Å². The van der Waals surface area contributed by atoms with Crippen molar-refractivity contribution in [2.24, 2.45) is 0 Å². The fraction of sp³-hybridized carbons (Fsp3) is 0.286. The molecular weight excluding hydrogens is 382 g/mol. The molecule has 0 unspecified atom stereocenters. The van der Waals surface area contributed by atoms with Gasteiger partial charge in [-0.05, 0) is 36.8 Å². The monoisotopic (exact) mass is 401 g/mol. The highest BCUT2D eigenvalue weighted by atomic mass is 35.5. The predicted octanol–water partition coefficient (Wildman–Crippen LogP) is 3.44. The van der Waals surface area contributed by atoms with Gasteiger partial charge in [0.05, 0.1) is 13.5 Å². The lowest BCUT2D eigenvalue weighted by Crippen LogP contribution is -2.24. The number of ketones is 1. The summed E-state index contributed by atoms with van der Waals surface area (Å²) < 4.78 is 10.3. The largest absolute Gasteiger partial charge is 0.496 e. The van der Waals surface area contributed by atoms with Gasteiger partial charge < -0.3 is 14.4 Å². The third-order valence-electron chi connectivity index (χ3n) is 4.49. The number of nitrogens with zero attached hydrogens (tertiary/aromatic N) is 1. The van der Waals surface area contributed by atoms with E-state index in [4.69, 9.17) is 21.1 Å². The first kappa shape index (κ1) is 19.9. The van der Waals surface area contributed by atoms with Gasteiger partial charge in [0, 0.05) is 34.8 Å². The van der Waals surface area contributed by atoms with Crippen LogP contribution in [0.1, 0.15) is 28.8 Å². The van der Waals surface area contributed by atoms with Gasteiger partial charge in [-0.25, -0.2) is 0 Å². The second-order valence-corrected chi connectivity index (χ2v) is 6.85. The van der Waals surface area contributed by atoms with Crippen LogP contribution in [0.25, 0.3) is 0 Å². The van der Waals surface area contributed by atoms with Crippen LogP contribution in [0.3, 0.4) is 0 Å². The number of carbonyl (C=O) groups excluding carboxylic acids is 3. The van der Waals surface area contributed by atoms with E-state index in [2.05, 4.69) is 0 Å². The molecule has 2 aromatic carbocycles. The van der Waals surface area contributed by atoms with Crippen LogP contribution in [-0.4, -0.2) is 37.9 Å². The molecule has 28 heavy (non-hydrogen) atoms. The molecule has 3 rings (SSSR count). The lowest BCUT2D eigenvalue weighted by atomic mass is 10.1. The standard InChI is InChI=1S/C21H20ClNO5/c1-27-19-8-7-16(22)10-15(19)12-21(26)28-13-18(24)14-4-2-5-17(11-14)23-9-3-6-20(23)25/h2,4-5,7-8,10-11H,3,6,9,12-13H2,1H3. The van der Waals surface area contributed by atoms with Crippen molar-refractivity contribution in [2.75, 3.05) is 25.2 Å². The first-order valence-electron chi connectivity index (χ1n) is 8.89. The minimum atomic E-state index is -0.556. The molecule has 0 bridgehead atoms. The Morgan fingerprint density at radius 3 is 2.71 bits per heavy atom. The van der Waals surface area contributed by atoms with Gasteiger partial charge in [-0.15, -0.1) is 0 Å². The van der Waals surface area contributed by atoms with E-state index < -0.39 is 5.97 Å². The van der Waals surface area contributed by atoms with E-state index in [1.54, 1.807) is 47.4 Å². The number of rotatable bonds is 7. The number of methoxy groups -OCH3 is 1. The minimum Gasteiger partial charge on any atom is -0.496 e. The second-order valence-electron chi connectivity index (χ2n) is 6.42.